The highest BCUT2D eigenvalue weighted by Crippen LogP contribution is 2.33. The smallest absolute Gasteiger partial charge is 0.305 e. The molecule has 2 heterocycles. The maximum Gasteiger partial charge on any atom is 0.305 e. The van der Waals surface area contributed by atoms with Crippen molar-refractivity contribution >= 4 is 22.7 Å². The van der Waals surface area contributed by atoms with E-state index in [4.69, 9.17) is 0 Å². The third kappa shape index (κ3) is 4.32. The Hall–Kier alpha value is -3.29. The van der Waals surface area contributed by atoms with Crippen molar-refractivity contribution in [1.29, 1.82) is 0 Å². The third-order valence-electron chi connectivity index (χ3n) is 5.17. The molecule has 0 radical (unpaired) electrons. The van der Waals surface area contributed by atoms with E-state index in [9.17, 15) is 18.7 Å². The Labute approximate surface area is 173 Å². The van der Waals surface area contributed by atoms with Crippen LogP contribution in [0, 0.1) is 24.0 Å². The number of carbonyl (C=O) groups is 1. The molecule has 0 bridgehead atoms. The highest BCUT2D eigenvalue weighted by molar-refractivity contribution is 5.94. The molecule has 3 aromatic rings. The zero-order valence-electron chi connectivity index (χ0n) is 17.1. The number of hydrogen-bond donors (Lipinski definition) is 3. The first kappa shape index (κ1) is 21.4. The lowest BCUT2D eigenvalue weighted by molar-refractivity contribution is -0.137. The number of allylic oxidation sites excluding steroid dienone is 1. The Balaban J connectivity index is 2.03. The summed E-state index contributed by atoms with van der Waals surface area (Å²) in [4.78, 5) is 22.6. The van der Waals surface area contributed by atoms with Gasteiger partial charge in [0.2, 0.25) is 0 Å². The first-order valence-electron chi connectivity index (χ1n) is 9.51. The van der Waals surface area contributed by atoms with Crippen LogP contribution in [0.2, 0.25) is 0 Å². The quantitative estimate of drug-likeness (QED) is 0.448. The summed E-state index contributed by atoms with van der Waals surface area (Å²) in [5.74, 6) is -2.02. The zero-order chi connectivity index (χ0) is 22.1. The monoisotopic (exact) mass is 414 g/mol. The molecular formula is C22H24F2N4O2. The van der Waals surface area contributed by atoms with E-state index in [1.807, 2.05) is 13.8 Å². The summed E-state index contributed by atoms with van der Waals surface area (Å²) in [6.07, 6.45) is 4.59. The van der Waals surface area contributed by atoms with Crippen molar-refractivity contribution in [3.05, 3.63) is 54.4 Å². The van der Waals surface area contributed by atoms with E-state index < -0.39 is 29.1 Å². The second-order valence-corrected chi connectivity index (χ2v) is 8.04. The maximum absolute atomic E-state index is 14.5. The van der Waals surface area contributed by atoms with Crippen molar-refractivity contribution in [2.75, 3.05) is 5.32 Å². The molecular weight excluding hydrogens is 390 g/mol. The molecule has 30 heavy (non-hydrogen) atoms. The predicted molar refractivity (Wildman–Crippen MR) is 112 cm³/mol. The van der Waals surface area contributed by atoms with Gasteiger partial charge in [0.05, 0.1) is 18.1 Å². The molecule has 158 valence electrons. The van der Waals surface area contributed by atoms with Crippen LogP contribution in [0.15, 0.2) is 37.2 Å². The summed E-state index contributed by atoms with van der Waals surface area (Å²) in [6, 6.07) is 2.61. The lowest BCUT2D eigenvalue weighted by atomic mass is 9.79. The van der Waals surface area contributed by atoms with E-state index in [1.54, 1.807) is 25.3 Å². The van der Waals surface area contributed by atoms with Gasteiger partial charge in [-0.1, -0.05) is 19.9 Å². The Morgan fingerprint density at radius 3 is 2.77 bits per heavy atom. The van der Waals surface area contributed by atoms with Crippen LogP contribution >= 0.6 is 0 Å². The van der Waals surface area contributed by atoms with Gasteiger partial charge in [-0.25, -0.2) is 18.7 Å². The van der Waals surface area contributed by atoms with Crippen molar-refractivity contribution in [2.24, 2.45) is 5.41 Å². The van der Waals surface area contributed by atoms with Crippen LogP contribution < -0.4 is 5.32 Å². The molecule has 0 aliphatic carbocycles. The number of halogens is 2. The molecule has 0 spiro atoms. The number of rotatable bonds is 8. The number of aliphatic carboxylic acids is 1. The van der Waals surface area contributed by atoms with Crippen molar-refractivity contribution in [3.8, 4) is 11.4 Å². The fraction of sp³-hybridized carbons (Fsp3) is 0.318. The predicted octanol–water partition coefficient (Wildman–Crippen LogP) is 5.07. The minimum absolute atomic E-state index is 0.106. The third-order valence-corrected chi connectivity index (χ3v) is 5.17. The second kappa shape index (κ2) is 8.22. The van der Waals surface area contributed by atoms with Crippen LogP contribution in [-0.4, -0.2) is 32.1 Å². The number of anilines is 1. The van der Waals surface area contributed by atoms with Crippen molar-refractivity contribution in [3.63, 3.8) is 0 Å². The number of aryl methyl sites for hydroxylation is 1. The number of nitrogens with one attached hydrogen (secondary N) is 2. The van der Waals surface area contributed by atoms with Gasteiger partial charge in [-0.05, 0) is 36.5 Å². The summed E-state index contributed by atoms with van der Waals surface area (Å²) in [5.41, 5.74) is 1.05. The Kier molecular flexibility index (Phi) is 5.87. The van der Waals surface area contributed by atoms with Gasteiger partial charge in [0.25, 0.3) is 0 Å². The first-order valence-corrected chi connectivity index (χ1v) is 9.51. The number of fused-ring (bicyclic) bond motifs is 1. The van der Waals surface area contributed by atoms with E-state index in [1.165, 1.54) is 6.07 Å². The molecule has 8 heteroatoms. The standard InChI is InChI=1S/C22H24F2N4O2/c1-5-6-22(3,4)17(9-18(29)30)27-21-16(24)11-26-20(28-21)14-10-25-19-13(14)7-12(2)8-15(19)23/h5,7-8,10-11,17,25H,1,6,9H2,2-4H3,(H,29,30)(H,26,27,28)/t17-/m1/s1. The van der Waals surface area contributed by atoms with Crippen molar-refractivity contribution < 1.29 is 18.7 Å². The Morgan fingerprint density at radius 1 is 1.37 bits per heavy atom. The van der Waals surface area contributed by atoms with Gasteiger partial charge in [0.15, 0.2) is 17.5 Å². The summed E-state index contributed by atoms with van der Waals surface area (Å²) in [7, 11) is 0. The van der Waals surface area contributed by atoms with E-state index in [2.05, 4.69) is 26.8 Å². The number of benzene rings is 1. The molecule has 0 saturated carbocycles. The largest absolute Gasteiger partial charge is 0.481 e. The molecule has 0 unspecified atom stereocenters. The molecule has 0 aliphatic rings. The fourth-order valence-electron chi connectivity index (χ4n) is 3.48. The van der Waals surface area contributed by atoms with Crippen LogP contribution in [0.5, 0.6) is 0 Å². The van der Waals surface area contributed by atoms with Gasteiger partial charge in [-0.3, -0.25) is 4.79 Å². The van der Waals surface area contributed by atoms with Gasteiger partial charge < -0.3 is 15.4 Å². The summed E-state index contributed by atoms with van der Waals surface area (Å²) in [5, 5.41) is 12.8. The van der Waals surface area contributed by atoms with Crippen molar-refractivity contribution in [1.82, 2.24) is 15.0 Å². The lowest BCUT2D eigenvalue weighted by Gasteiger charge is -2.33. The first-order chi connectivity index (χ1) is 14.1. The molecule has 0 saturated heterocycles. The average molecular weight is 414 g/mol. The summed E-state index contributed by atoms with van der Waals surface area (Å²) in [6.45, 7) is 9.24. The lowest BCUT2D eigenvalue weighted by Crippen LogP contribution is -2.38. The van der Waals surface area contributed by atoms with Gasteiger partial charge >= 0.3 is 5.97 Å². The highest BCUT2D eigenvalue weighted by atomic mass is 19.1. The SMILES string of the molecule is C=CCC(C)(C)[C@@H](CC(=O)O)Nc1nc(-c2c[nH]c3c(F)cc(C)cc23)ncc1F. The molecule has 3 rings (SSSR count). The fourth-order valence-corrected chi connectivity index (χ4v) is 3.48. The average Bonchev–Trinajstić information content (AvgIpc) is 3.06. The van der Waals surface area contributed by atoms with E-state index in [0.717, 1.165) is 11.8 Å². The van der Waals surface area contributed by atoms with Gasteiger partial charge in [-0.2, -0.15) is 0 Å². The van der Waals surface area contributed by atoms with E-state index in [-0.39, 0.29) is 18.1 Å². The van der Waals surface area contributed by atoms with E-state index >= 15 is 0 Å². The Morgan fingerprint density at radius 2 is 2.10 bits per heavy atom. The number of carboxylic acids is 1. The van der Waals surface area contributed by atoms with Gasteiger partial charge in [-0.15, -0.1) is 6.58 Å². The van der Waals surface area contributed by atoms with Crippen LogP contribution in [0.1, 0.15) is 32.3 Å². The highest BCUT2D eigenvalue weighted by Gasteiger charge is 2.31. The zero-order valence-corrected chi connectivity index (χ0v) is 17.1. The molecule has 3 N–H and O–H groups in total. The molecule has 0 fully saturated rings. The number of aromatic nitrogens is 3. The van der Waals surface area contributed by atoms with Crippen molar-refractivity contribution in [2.45, 2.75) is 39.7 Å². The van der Waals surface area contributed by atoms with E-state index in [0.29, 0.717) is 22.9 Å². The number of aromatic amines is 1. The van der Waals surface area contributed by atoms with Crippen LogP contribution in [-0.2, 0) is 4.79 Å². The number of H-pyrrole nitrogens is 1. The van der Waals surface area contributed by atoms with Crippen LogP contribution in [0.25, 0.3) is 22.3 Å². The molecule has 6 nitrogen and oxygen atoms in total. The molecule has 1 aromatic carbocycles. The molecule has 1 atom stereocenters. The normalized spacial score (nSPS) is 12.7. The minimum Gasteiger partial charge on any atom is -0.481 e. The Bertz CT molecular complexity index is 1110. The molecule has 0 amide bonds. The maximum atomic E-state index is 14.5. The van der Waals surface area contributed by atoms with Crippen LogP contribution in [0.4, 0.5) is 14.6 Å². The molecule has 0 aliphatic heterocycles. The minimum atomic E-state index is -1.01. The summed E-state index contributed by atoms with van der Waals surface area (Å²) >= 11 is 0. The van der Waals surface area contributed by atoms with Gasteiger partial charge in [0, 0.05) is 23.2 Å². The second-order valence-electron chi connectivity index (χ2n) is 8.04. The number of carboxylic acid groups (broad SMARTS) is 1. The van der Waals surface area contributed by atoms with Gasteiger partial charge in [0.1, 0.15) is 5.82 Å². The molecule has 2 aromatic heterocycles. The number of hydrogen-bond acceptors (Lipinski definition) is 4. The topological polar surface area (TPSA) is 90.9 Å². The summed E-state index contributed by atoms with van der Waals surface area (Å²) < 4.78 is 28.7. The number of nitrogens with zero attached hydrogens (tertiary/aromatic N) is 2. The van der Waals surface area contributed by atoms with Crippen LogP contribution in [0.3, 0.4) is 0 Å².